The van der Waals surface area contributed by atoms with Gasteiger partial charge in [-0.25, -0.2) is 19.6 Å². The van der Waals surface area contributed by atoms with Crippen LogP contribution in [0.4, 0.5) is 9.93 Å². The van der Waals surface area contributed by atoms with Gasteiger partial charge < -0.3 is 44.7 Å². The number of ether oxygens (including phenoxy) is 4. The third kappa shape index (κ3) is 9.71. The third-order valence-electron chi connectivity index (χ3n) is 12.0. The van der Waals surface area contributed by atoms with Gasteiger partial charge in [-0.2, -0.15) is 0 Å². The molecular weight excluding hydrogens is 822 g/mol. The predicted octanol–water partition coefficient (Wildman–Crippen LogP) is 6.29. The molecule has 3 aromatic rings. The van der Waals surface area contributed by atoms with Crippen molar-refractivity contribution >= 4 is 62.8 Å². The van der Waals surface area contributed by atoms with E-state index in [-0.39, 0.29) is 31.0 Å². The van der Waals surface area contributed by atoms with Crippen LogP contribution < -0.4 is 25.4 Å². The summed E-state index contributed by atoms with van der Waals surface area (Å²) in [5, 5.41) is 12.6. The maximum atomic E-state index is 14.8. The second kappa shape index (κ2) is 17.6. The fourth-order valence-corrected chi connectivity index (χ4v) is 9.62. The van der Waals surface area contributed by atoms with Crippen LogP contribution in [0.15, 0.2) is 36.2 Å². The van der Waals surface area contributed by atoms with Crippen LogP contribution in [-0.2, 0) is 23.9 Å². The van der Waals surface area contributed by atoms with E-state index < -0.39 is 53.0 Å². The number of rotatable bonds is 16. The summed E-state index contributed by atoms with van der Waals surface area (Å²) in [4.78, 5) is 68.8. The van der Waals surface area contributed by atoms with Crippen molar-refractivity contribution < 1.29 is 38.1 Å². The number of aromatic nitrogens is 2. The Morgan fingerprint density at radius 2 is 1.80 bits per heavy atom. The number of hydrogen-bond donors (Lipinski definition) is 3. The zero-order valence-electron chi connectivity index (χ0n) is 36.2. The molecule has 1 aromatic carbocycles. The highest BCUT2D eigenvalue weighted by molar-refractivity contribution is 7.14. The lowest BCUT2D eigenvalue weighted by Crippen LogP contribution is -2.59. The lowest BCUT2D eigenvalue weighted by Gasteiger charge is -2.35. The number of nitrogens with zero attached hydrogens (tertiary/aromatic N) is 4. The monoisotopic (exact) mass is 879 g/mol. The van der Waals surface area contributed by atoms with Crippen LogP contribution in [0.1, 0.15) is 66.7 Å². The van der Waals surface area contributed by atoms with Gasteiger partial charge in [0.15, 0.2) is 5.13 Å². The Morgan fingerprint density at radius 1 is 1.07 bits per heavy atom. The Hall–Kier alpha value is -4.67. The molecule has 3 amide bonds. The largest absolute Gasteiger partial charge is 0.491 e. The number of carbonyl (C=O) groups is 4. The molecular formula is C44H58ClN7O8S. The van der Waals surface area contributed by atoms with Crippen LogP contribution >= 0.6 is 22.9 Å². The van der Waals surface area contributed by atoms with E-state index in [1.807, 2.05) is 65.1 Å². The molecule has 3 unspecified atom stereocenters. The van der Waals surface area contributed by atoms with Crippen molar-refractivity contribution in [2.75, 3.05) is 46.2 Å². The molecule has 1 aliphatic heterocycles. The number of likely N-dealkylation sites (tertiary alicyclic amines) is 1. The van der Waals surface area contributed by atoms with Crippen molar-refractivity contribution in [3.8, 4) is 22.9 Å². The number of pyridine rings is 1. The summed E-state index contributed by atoms with van der Waals surface area (Å²) in [5.74, 6) is 0.113. The molecule has 61 heavy (non-hydrogen) atoms. The van der Waals surface area contributed by atoms with Crippen LogP contribution in [0.2, 0.25) is 5.02 Å². The molecule has 7 rings (SSSR count). The number of alkyl carbamates (subject to hydrolysis) is 1. The second-order valence-electron chi connectivity index (χ2n) is 18.4. The first-order valence-electron chi connectivity index (χ1n) is 21.0. The second-order valence-corrected chi connectivity index (χ2v) is 19.7. The average molecular weight is 881 g/mol. The number of methoxy groups -OCH3 is 1. The third-order valence-corrected chi connectivity index (χ3v) is 13.1. The minimum Gasteiger partial charge on any atom is -0.491 e. The molecule has 0 radical (unpaired) electrons. The topological polar surface area (TPSA) is 174 Å². The summed E-state index contributed by atoms with van der Waals surface area (Å²) in [7, 11) is 5.18. The number of benzene rings is 1. The van der Waals surface area contributed by atoms with Crippen LogP contribution in [0.25, 0.3) is 22.3 Å². The lowest BCUT2D eigenvalue weighted by molar-refractivity contribution is -0.148. The van der Waals surface area contributed by atoms with E-state index in [0.717, 1.165) is 18.0 Å². The minimum atomic E-state index is -1.30. The van der Waals surface area contributed by atoms with Gasteiger partial charge in [-0.15, -0.1) is 17.9 Å². The van der Waals surface area contributed by atoms with Gasteiger partial charge in [0.25, 0.3) is 0 Å². The fourth-order valence-electron chi connectivity index (χ4n) is 8.51. The summed E-state index contributed by atoms with van der Waals surface area (Å²) in [6.45, 7) is 14.5. The molecule has 3 aliphatic carbocycles. The van der Waals surface area contributed by atoms with Gasteiger partial charge in [-0.05, 0) is 83.0 Å². The molecule has 3 N–H and O–H groups in total. The van der Waals surface area contributed by atoms with Crippen LogP contribution in [0, 0.1) is 23.2 Å². The summed E-state index contributed by atoms with van der Waals surface area (Å²) in [6.07, 6.45) is 3.24. The molecule has 8 atom stereocenters. The van der Waals surface area contributed by atoms with Crippen molar-refractivity contribution in [3.63, 3.8) is 0 Å². The van der Waals surface area contributed by atoms with Crippen molar-refractivity contribution in [3.05, 3.63) is 41.3 Å². The number of hydrogen-bond acceptors (Lipinski definition) is 13. The van der Waals surface area contributed by atoms with E-state index in [1.165, 1.54) is 29.8 Å². The van der Waals surface area contributed by atoms with E-state index in [4.69, 9.17) is 40.5 Å². The first kappa shape index (κ1) is 44.4. The molecule has 17 heteroatoms. The smallest absolute Gasteiger partial charge is 0.408 e. The molecule has 15 nitrogen and oxygen atoms in total. The number of fused-ring (bicyclic) bond motifs is 2. The van der Waals surface area contributed by atoms with Gasteiger partial charge >= 0.3 is 12.1 Å². The molecule has 330 valence electrons. The molecule has 4 aliphatic rings. The SMILES string of the molecule is C=C[C@@H]1CC1(NC(=O)[C@@H]1CC(Oc2cc(-c3csc(NC(C)C)n3)nc3c(Cl)c(OCCN(C)C)ccc23)CN1C(=O)[C@@H](NC(=O)OC1C[C@@H]2C[C@@H]2C1)C(C)(C)C)C(=O)OC. The molecule has 0 spiro atoms. The number of esters is 1. The Bertz CT molecular complexity index is 2170. The number of halogens is 1. The molecule has 1 saturated heterocycles. The first-order chi connectivity index (χ1) is 28.9. The zero-order chi connectivity index (χ0) is 44.0. The van der Waals surface area contributed by atoms with Gasteiger partial charge in [-0.1, -0.05) is 38.4 Å². The standard InChI is InChI=1S/C44H58ClN7O8S/c1-10-26-20-44(26,40(55)57-9)50-38(53)32-18-28(21-52(32)39(54)37(43(4,5)6)49-42(56)60-27-16-24-15-25(24)17-27)59-34-19-30(31-22-61-41(48-31)46-23(2)3)47-36-29(34)11-12-33(35(36)45)58-14-13-51(7)8/h10-12,19,22-28,32,37H,1,13-18,20-21H2,2-9H3,(H,46,48)(H,49,56)(H,50,53)/t24-,25+,26-,27?,28?,32+,37-,44?/m1/s1. The van der Waals surface area contributed by atoms with Crippen LogP contribution in [0.5, 0.6) is 11.5 Å². The lowest BCUT2D eigenvalue weighted by atomic mass is 9.85. The van der Waals surface area contributed by atoms with E-state index in [2.05, 4.69) is 22.5 Å². The van der Waals surface area contributed by atoms with Crippen LogP contribution in [0.3, 0.4) is 0 Å². The van der Waals surface area contributed by atoms with Gasteiger partial charge in [0.1, 0.15) is 58.7 Å². The molecule has 4 fully saturated rings. The van der Waals surface area contributed by atoms with Gasteiger partial charge in [0.05, 0.1) is 24.9 Å². The summed E-state index contributed by atoms with van der Waals surface area (Å²) in [6, 6.07) is 3.41. The van der Waals surface area contributed by atoms with E-state index in [0.29, 0.717) is 70.2 Å². The number of amides is 3. The highest BCUT2D eigenvalue weighted by Gasteiger charge is 2.62. The highest BCUT2D eigenvalue weighted by Crippen LogP contribution is 2.52. The quantitative estimate of drug-likeness (QED) is 0.109. The number of anilines is 1. The maximum absolute atomic E-state index is 14.8. The Balaban J connectivity index is 1.21. The molecule has 2 aromatic heterocycles. The van der Waals surface area contributed by atoms with Gasteiger partial charge in [0.2, 0.25) is 11.8 Å². The summed E-state index contributed by atoms with van der Waals surface area (Å²) >= 11 is 8.48. The fraction of sp³-hybridized carbons (Fsp3) is 0.591. The highest BCUT2D eigenvalue weighted by atomic mass is 35.5. The maximum Gasteiger partial charge on any atom is 0.408 e. The molecule has 3 saturated carbocycles. The number of carbonyl (C=O) groups excluding carboxylic acids is 4. The minimum absolute atomic E-state index is 0.0138. The van der Waals surface area contributed by atoms with E-state index >= 15 is 0 Å². The Labute approximate surface area is 366 Å². The summed E-state index contributed by atoms with van der Waals surface area (Å²) < 4.78 is 23.8. The van der Waals surface area contributed by atoms with Gasteiger partial charge in [0, 0.05) is 41.8 Å². The van der Waals surface area contributed by atoms with Crippen molar-refractivity contribution in [1.82, 2.24) is 30.4 Å². The van der Waals surface area contributed by atoms with Gasteiger partial charge in [-0.3, -0.25) is 9.59 Å². The number of likely N-dealkylation sites (N-methyl/N-ethyl adjacent to an activating group) is 1. The first-order valence-corrected chi connectivity index (χ1v) is 22.3. The predicted molar refractivity (Wildman–Crippen MR) is 234 cm³/mol. The number of nitrogens with one attached hydrogen (secondary N) is 3. The van der Waals surface area contributed by atoms with E-state index in [1.54, 1.807) is 18.2 Å². The Kier molecular flexibility index (Phi) is 12.8. The van der Waals surface area contributed by atoms with Crippen molar-refractivity contribution in [2.45, 2.75) is 103 Å². The average Bonchev–Trinajstić information content (AvgIpc) is 3.86. The Morgan fingerprint density at radius 3 is 2.44 bits per heavy atom. The van der Waals surface area contributed by atoms with E-state index in [9.17, 15) is 19.2 Å². The summed E-state index contributed by atoms with van der Waals surface area (Å²) in [5.41, 5.74) is -0.540. The zero-order valence-corrected chi connectivity index (χ0v) is 37.8. The van der Waals surface area contributed by atoms with Crippen molar-refractivity contribution in [1.29, 1.82) is 0 Å². The molecule has 0 bridgehead atoms. The number of thiazole rings is 1. The van der Waals surface area contributed by atoms with Crippen molar-refractivity contribution in [2.24, 2.45) is 23.2 Å². The molecule has 3 heterocycles. The van der Waals surface area contributed by atoms with Crippen LogP contribution in [-0.4, -0.2) is 120 Å². The normalized spacial score (nSPS) is 25.8.